The first-order valence-corrected chi connectivity index (χ1v) is 6.33. The predicted molar refractivity (Wildman–Crippen MR) is 72.0 cm³/mol. The number of hydrogen-bond donors (Lipinski definition) is 0. The van der Waals surface area contributed by atoms with Crippen LogP contribution in [0.25, 0.3) is 0 Å². The van der Waals surface area contributed by atoms with Gasteiger partial charge in [-0.2, -0.15) is 5.26 Å². The molecule has 0 bridgehead atoms. The summed E-state index contributed by atoms with van der Waals surface area (Å²) in [5.41, 5.74) is 1.05. The second kappa shape index (κ2) is 7.62. The van der Waals surface area contributed by atoms with E-state index in [2.05, 4.69) is 6.07 Å². The van der Waals surface area contributed by atoms with E-state index < -0.39 is 0 Å². The highest BCUT2D eigenvalue weighted by atomic mass is 16.1. The molecule has 3 nitrogen and oxygen atoms in total. The molecule has 0 heterocycles. The van der Waals surface area contributed by atoms with Crippen LogP contribution < -0.4 is 0 Å². The number of hydrogen-bond acceptors (Lipinski definition) is 3. The van der Waals surface area contributed by atoms with Gasteiger partial charge in [-0.1, -0.05) is 37.3 Å². The average molecular weight is 244 g/mol. The smallest absolute Gasteiger partial charge is 0.151 e. The molecule has 0 aliphatic heterocycles. The van der Waals surface area contributed by atoms with Gasteiger partial charge >= 0.3 is 0 Å². The van der Waals surface area contributed by atoms with Crippen molar-refractivity contribution in [1.29, 1.82) is 5.26 Å². The zero-order valence-corrected chi connectivity index (χ0v) is 11.1. The van der Waals surface area contributed by atoms with Gasteiger partial charge in [0.05, 0.1) is 18.5 Å². The van der Waals surface area contributed by atoms with Crippen LogP contribution in [-0.4, -0.2) is 30.3 Å². The second-order valence-corrected chi connectivity index (χ2v) is 4.56. The lowest BCUT2D eigenvalue weighted by atomic mass is 10.1. The lowest BCUT2D eigenvalue weighted by Crippen LogP contribution is -2.33. The van der Waals surface area contributed by atoms with Gasteiger partial charge in [0, 0.05) is 13.0 Å². The molecule has 1 rings (SSSR count). The summed E-state index contributed by atoms with van der Waals surface area (Å²) < 4.78 is 0. The van der Waals surface area contributed by atoms with Gasteiger partial charge in [-0.15, -0.1) is 0 Å². The maximum Gasteiger partial charge on any atom is 0.151 e. The Morgan fingerprint density at radius 3 is 2.61 bits per heavy atom. The molecule has 0 spiro atoms. The Morgan fingerprint density at radius 2 is 2.06 bits per heavy atom. The van der Waals surface area contributed by atoms with Gasteiger partial charge in [0.15, 0.2) is 5.78 Å². The number of carbonyl (C=O) groups is 1. The summed E-state index contributed by atoms with van der Waals surface area (Å²) in [6.45, 7) is 5.78. The molecule has 1 aromatic carbocycles. The average Bonchev–Trinajstić information content (AvgIpc) is 2.38. The minimum absolute atomic E-state index is 0.0329. The SMILES string of the molecule is CCN(CC(=O)Cc1ccccc1)CC(C)C#N. The van der Waals surface area contributed by atoms with Crippen molar-refractivity contribution in [3.63, 3.8) is 0 Å². The van der Waals surface area contributed by atoms with Crippen molar-refractivity contribution in [2.24, 2.45) is 5.92 Å². The fourth-order valence-corrected chi connectivity index (χ4v) is 1.86. The van der Waals surface area contributed by atoms with E-state index in [0.29, 0.717) is 19.5 Å². The van der Waals surface area contributed by atoms with Crippen molar-refractivity contribution in [1.82, 2.24) is 4.90 Å². The van der Waals surface area contributed by atoms with Gasteiger partial charge in [-0.05, 0) is 19.0 Å². The Balaban J connectivity index is 2.45. The minimum atomic E-state index is -0.0329. The van der Waals surface area contributed by atoms with E-state index in [1.54, 1.807) is 0 Å². The van der Waals surface area contributed by atoms with Crippen LogP contribution in [-0.2, 0) is 11.2 Å². The van der Waals surface area contributed by atoms with Crippen LogP contribution in [0.1, 0.15) is 19.4 Å². The van der Waals surface area contributed by atoms with Crippen LogP contribution in [0.4, 0.5) is 0 Å². The number of rotatable bonds is 7. The van der Waals surface area contributed by atoms with E-state index in [1.807, 2.05) is 49.1 Å². The molecule has 1 aromatic rings. The molecule has 96 valence electrons. The van der Waals surface area contributed by atoms with Crippen LogP contribution in [0.15, 0.2) is 30.3 Å². The maximum absolute atomic E-state index is 11.9. The molecule has 0 saturated heterocycles. The summed E-state index contributed by atoms with van der Waals surface area (Å²) in [4.78, 5) is 14.0. The first kappa shape index (κ1) is 14.4. The number of benzene rings is 1. The summed E-state index contributed by atoms with van der Waals surface area (Å²) in [7, 11) is 0. The van der Waals surface area contributed by atoms with E-state index in [-0.39, 0.29) is 11.7 Å². The zero-order chi connectivity index (χ0) is 13.4. The van der Waals surface area contributed by atoms with E-state index in [0.717, 1.165) is 12.1 Å². The van der Waals surface area contributed by atoms with Crippen molar-refractivity contribution in [3.8, 4) is 6.07 Å². The van der Waals surface area contributed by atoms with E-state index in [1.165, 1.54) is 0 Å². The third kappa shape index (κ3) is 5.11. The number of ketones is 1. The van der Waals surface area contributed by atoms with Crippen molar-refractivity contribution in [2.45, 2.75) is 20.3 Å². The molecule has 0 aromatic heterocycles. The van der Waals surface area contributed by atoms with Crippen LogP contribution in [0.5, 0.6) is 0 Å². The van der Waals surface area contributed by atoms with Gasteiger partial charge in [-0.25, -0.2) is 0 Å². The lowest BCUT2D eigenvalue weighted by Gasteiger charge is -2.20. The second-order valence-electron chi connectivity index (χ2n) is 4.56. The highest BCUT2D eigenvalue weighted by Gasteiger charge is 2.12. The van der Waals surface area contributed by atoms with Crippen molar-refractivity contribution < 1.29 is 4.79 Å². The summed E-state index contributed by atoms with van der Waals surface area (Å²) in [5, 5.41) is 8.79. The molecule has 0 saturated carbocycles. The molecule has 3 heteroatoms. The Morgan fingerprint density at radius 1 is 1.39 bits per heavy atom. The maximum atomic E-state index is 11.9. The van der Waals surface area contributed by atoms with Crippen LogP contribution in [0, 0.1) is 17.2 Å². The topological polar surface area (TPSA) is 44.1 Å². The third-order valence-corrected chi connectivity index (χ3v) is 2.84. The molecule has 18 heavy (non-hydrogen) atoms. The first-order chi connectivity index (χ1) is 8.65. The molecule has 0 amide bonds. The molecule has 0 fully saturated rings. The number of nitrogens with zero attached hydrogens (tertiary/aromatic N) is 2. The van der Waals surface area contributed by atoms with E-state index in [9.17, 15) is 4.79 Å². The van der Waals surface area contributed by atoms with Gasteiger partial charge in [0.1, 0.15) is 0 Å². The van der Waals surface area contributed by atoms with Crippen molar-refractivity contribution in [2.75, 3.05) is 19.6 Å². The fourth-order valence-electron chi connectivity index (χ4n) is 1.86. The Kier molecular flexibility index (Phi) is 6.10. The van der Waals surface area contributed by atoms with Gasteiger partial charge in [0.2, 0.25) is 0 Å². The molecule has 0 aliphatic carbocycles. The summed E-state index contributed by atoms with van der Waals surface area (Å²) in [6.07, 6.45) is 0.471. The number of carbonyl (C=O) groups excluding carboxylic acids is 1. The highest BCUT2D eigenvalue weighted by Crippen LogP contribution is 2.03. The standard InChI is InChI=1S/C15H20N2O/c1-3-17(11-13(2)10-16)12-15(18)9-14-7-5-4-6-8-14/h4-8,13H,3,9,11-12H2,1-2H3. The number of likely N-dealkylation sites (N-methyl/N-ethyl adjacent to an activating group) is 1. The number of nitriles is 1. The Bertz CT molecular complexity index is 408. The molecule has 0 N–H and O–H groups in total. The van der Waals surface area contributed by atoms with Crippen molar-refractivity contribution in [3.05, 3.63) is 35.9 Å². The normalized spacial score (nSPS) is 12.1. The summed E-state index contributed by atoms with van der Waals surface area (Å²) in [5.74, 6) is 0.169. The molecule has 1 unspecified atom stereocenters. The largest absolute Gasteiger partial charge is 0.298 e. The van der Waals surface area contributed by atoms with Crippen LogP contribution >= 0.6 is 0 Å². The lowest BCUT2D eigenvalue weighted by molar-refractivity contribution is -0.119. The van der Waals surface area contributed by atoms with Crippen LogP contribution in [0.3, 0.4) is 0 Å². The molecular formula is C15H20N2O. The summed E-state index contributed by atoms with van der Waals surface area (Å²) in [6, 6.07) is 12.0. The van der Waals surface area contributed by atoms with Crippen LogP contribution in [0.2, 0.25) is 0 Å². The first-order valence-electron chi connectivity index (χ1n) is 6.33. The van der Waals surface area contributed by atoms with E-state index in [4.69, 9.17) is 5.26 Å². The third-order valence-electron chi connectivity index (χ3n) is 2.84. The quantitative estimate of drug-likeness (QED) is 0.739. The summed E-state index contributed by atoms with van der Waals surface area (Å²) >= 11 is 0. The fraction of sp³-hybridized carbons (Fsp3) is 0.467. The van der Waals surface area contributed by atoms with Gasteiger partial charge < -0.3 is 0 Å². The Hall–Kier alpha value is -1.66. The predicted octanol–water partition coefficient (Wildman–Crippen LogP) is 2.28. The highest BCUT2D eigenvalue weighted by molar-refractivity contribution is 5.82. The number of Topliss-reactive ketones (excluding diaryl/α,β-unsaturated/α-hetero) is 1. The van der Waals surface area contributed by atoms with E-state index >= 15 is 0 Å². The Labute approximate surface area is 109 Å². The monoisotopic (exact) mass is 244 g/mol. The van der Waals surface area contributed by atoms with Gasteiger partial charge in [0.25, 0.3) is 0 Å². The zero-order valence-electron chi connectivity index (χ0n) is 11.1. The molecule has 1 atom stereocenters. The molecular weight excluding hydrogens is 224 g/mol. The van der Waals surface area contributed by atoms with Gasteiger partial charge in [-0.3, -0.25) is 9.69 Å². The molecule has 0 aliphatic rings. The molecule has 0 radical (unpaired) electrons. The minimum Gasteiger partial charge on any atom is -0.298 e. The van der Waals surface area contributed by atoms with Crippen molar-refractivity contribution >= 4 is 5.78 Å².